The second-order valence-corrected chi connectivity index (χ2v) is 4.45. The summed E-state index contributed by atoms with van der Waals surface area (Å²) >= 11 is 5.01. The molecule has 8 heteroatoms. The van der Waals surface area contributed by atoms with E-state index >= 15 is 0 Å². The highest BCUT2D eigenvalue weighted by Gasteiger charge is 2.35. The number of hydrogen-bond acceptors (Lipinski definition) is 4. The van der Waals surface area contributed by atoms with Gasteiger partial charge in [-0.3, -0.25) is 14.3 Å². The number of aromatic nitrogens is 2. The summed E-state index contributed by atoms with van der Waals surface area (Å²) in [6.45, 7) is 0. The number of nitrogens with one attached hydrogen (secondary N) is 1. The van der Waals surface area contributed by atoms with Gasteiger partial charge in [-0.2, -0.15) is 0 Å². The minimum atomic E-state index is -1.86. The van der Waals surface area contributed by atoms with E-state index < -0.39 is 11.5 Å². The van der Waals surface area contributed by atoms with Gasteiger partial charge in [0, 0.05) is 17.7 Å². The standard InChI is InChI=1S/C9H10B2N2O3S/c10-9(11,15)5-1-2-7(16-5)13-4-3-6(14)12-8(13)17/h3-5,7,15H,1-2H2,(H,12,14,17). The molecule has 4 radical (unpaired) electrons. The molecule has 0 aromatic carbocycles. The van der Waals surface area contributed by atoms with E-state index in [0.29, 0.717) is 12.8 Å². The first-order valence-corrected chi connectivity index (χ1v) is 5.56. The Balaban J connectivity index is 2.21. The molecule has 0 bridgehead atoms. The minimum Gasteiger partial charge on any atom is -0.407 e. The van der Waals surface area contributed by atoms with Crippen molar-refractivity contribution in [3.05, 3.63) is 27.4 Å². The molecule has 0 amide bonds. The predicted octanol–water partition coefficient (Wildman–Crippen LogP) is -0.433. The molecule has 17 heavy (non-hydrogen) atoms. The summed E-state index contributed by atoms with van der Waals surface area (Å²) in [6, 6.07) is 1.35. The van der Waals surface area contributed by atoms with Crippen molar-refractivity contribution in [2.24, 2.45) is 0 Å². The van der Waals surface area contributed by atoms with Crippen LogP contribution < -0.4 is 5.56 Å². The van der Waals surface area contributed by atoms with E-state index in [1.165, 1.54) is 6.07 Å². The molecule has 1 saturated heterocycles. The van der Waals surface area contributed by atoms with Crippen LogP contribution in [0.1, 0.15) is 19.1 Å². The van der Waals surface area contributed by atoms with Crippen LogP contribution in [0.25, 0.3) is 0 Å². The second-order valence-electron chi connectivity index (χ2n) is 4.06. The van der Waals surface area contributed by atoms with Gasteiger partial charge in [-0.15, -0.1) is 0 Å². The second kappa shape index (κ2) is 4.44. The summed E-state index contributed by atoms with van der Waals surface area (Å²) < 4.78 is 7.37. The lowest BCUT2D eigenvalue weighted by Gasteiger charge is -2.27. The van der Waals surface area contributed by atoms with Crippen LogP contribution in [-0.2, 0) is 4.74 Å². The third kappa shape index (κ3) is 2.70. The van der Waals surface area contributed by atoms with Crippen LogP contribution in [0.3, 0.4) is 0 Å². The van der Waals surface area contributed by atoms with Gasteiger partial charge in [-0.1, -0.05) is 0 Å². The topological polar surface area (TPSA) is 67.2 Å². The zero-order valence-electron chi connectivity index (χ0n) is 9.00. The van der Waals surface area contributed by atoms with Crippen LogP contribution in [0.5, 0.6) is 0 Å². The zero-order valence-corrected chi connectivity index (χ0v) is 9.81. The van der Waals surface area contributed by atoms with Crippen molar-refractivity contribution in [3.63, 3.8) is 0 Å². The van der Waals surface area contributed by atoms with Gasteiger partial charge in [0.05, 0.1) is 6.10 Å². The monoisotopic (exact) mass is 248 g/mol. The molecule has 2 rings (SSSR count). The van der Waals surface area contributed by atoms with Gasteiger partial charge >= 0.3 is 0 Å². The van der Waals surface area contributed by atoms with E-state index in [1.54, 1.807) is 10.8 Å². The molecule has 2 unspecified atom stereocenters. The molecule has 1 aliphatic heterocycles. The third-order valence-electron chi connectivity index (χ3n) is 2.67. The molecule has 1 aromatic heterocycles. The highest BCUT2D eigenvalue weighted by Crippen LogP contribution is 2.31. The smallest absolute Gasteiger partial charge is 0.251 e. The van der Waals surface area contributed by atoms with Crippen molar-refractivity contribution in [2.45, 2.75) is 30.6 Å². The zero-order chi connectivity index (χ0) is 12.6. The average Bonchev–Trinajstić information content (AvgIpc) is 2.65. The fraction of sp³-hybridized carbons (Fsp3) is 0.556. The summed E-state index contributed by atoms with van der Waals surface area (Å²) in [5, 5.41) is 7.57. The Morgan fingerprint density at radius 2 is 2.29 bits per heavy atom. The molecule has 2 heterocycles. The molecule has 1 aliphatic rings. The van der Waals surface area contributed by atoms with E-state index in [1.807, 2.05) is 0 Å². The van der Waals surface area contributed by atoms with E-state index in [2.05, 4.69) is 4.98 Å². The van der Waals surface area contributed by atoms with Gasteiger partial charge < -0.3 is 9.84 Å². The highest BCUT2D eigenvalue weighted by molar-refractivity contribution is 7.71. The summed E-state index contributed by atoms with van der Waals surface area (Å²) in [7, 11) is 10.7. The number of aromatic amines is 1. The van der Waals surface area contributed by atoms with Crippen molar-refractivity contribution in [3.8, 4) is 0 Å². The Morgan fingerprint density at radius 3 is 2.82 bits per heavy atom. The van der Waals surface area contributed by atoms with Gasteiger partial charge in [-0.25, -0.2) is 0 Å². The molecular formula is C9H10B2N2O3S. The van der Waals surface area contributed by atoms with Crippen molar-refractivity contribution in [1.29, 1.82) is 0 Å². The molecule has 1 aromatic rings. The maximum absolute atomic E-state index is 11.0. The maximum atomic E-state index is 11.0. The van der Waals surface area contributed by atoms with Crippen LogP contribution in [0.4, 0.5) is 0 Å². The Kier molecular flexibility index (Phi) is 3.29. The van der Waals surface area contributed by atoms with E-state index in [0.717, 1.165) is 0 Å². The summed E-state index contributed by atoms with van der Waals surface area (Å²) in [5.41, 5.74) is -0.269. The Labute approximate surface area is 106 Å². The summed E-state index contributed by atoms with van der Waals surface area (Å²) in [6.07, 6.45) is 1.65. The molecule has 2 N–H and O–H groups in total. The fourth-order valence-electron chi connectivity index (χ4n) is 1.82. The molecular weight excluding hydrogens is 238 g/mol. The van der Waals surface area contributed by atoms with Crippen molar-refractivity contribution in [2.75, 3.05) is 0 Å². The lowest BCUT2D eigenvalue weighted by atomic mass is 9.61. The van der Waals surface area contributed by atoms with Crippen LogP contribution >= 0.6 is 12.2 Å². The summed E-state index contributed by atoms with van der Waals surface area (Å²) in [5.74, 6) is 0. The van der Waals surface area contributed by atoms with Gasteiger partial charge in [-0.05, 0) is 25.1 Å². The van der Waals surface area contributed by atoms with Gasteiger partial charge in [0.25, 0.3) is 5.56 Å². The molecule has 5 nitrogen and oxygen atoms in total. The first kappa shape index (κ1) is 12.6. The number of hydrogen-bond donors (Lipinski definition) is 2. The fourth-order valence-corrected chi connectivity index (χ4v) is 2.10. The van der Waals surface area contributed by atoms with E-state index in [-0.39, 0.29) is 16.6 Å². The Bertz CT molecular complexity index is 522. The van der Waals surface area contributed by atoms with Gasteiger partial charge in [0.15, 0.2) is 4.77 Å². The summed E-state index contributed by atoms with van der Waals surface area (Å²) in [4.78, 5) is 13.5. The van der Waals surface area contributed by atoms with Crippen LogP contribution in [0.2, 0.25) is 0 Å². The number of nitrogens with zero attached hydrogens (tertiary/aromatic N) is 1. The van der Waals surface area contributed by atoms with Gasteiger partial charge in [0.2, 0.25) is 0 Å². The van der Waals surface area contributed by atoms with Crippen molar-refractivity contribution < 1.29 is 9.84 Å². The number of H-pyrrole nitrogens is 1. The molecule has 86 valence electrons. The average molecular weight is 248 g/mol. The van der Waals surface area contributed by atoms with E-state index in [4.69, 9.17) is 32.6 Å². The van der Waals surface area contributed by atoms with Crippen molar-refractivity contribution in [1.82, 2.24) is 9.55 Å². The number of rotatable bonds is 2. The van der Waals surface area contributed by atoms with Crippen LogP contribution in [-0.4, -0.2) is 41.9 Å². The Hall–Kier alpha value is -0.850. The first-order valence-electron chi connectivity index (χ1n) is 5.15. The molecule has 2 atom stereocenters. The number of aliphatic hydroxyl groups is 1. The van der Waals surface area contributed by atoms with Gasteiger partial charge in [0.1, 0.15) is 21.9 Å². The third-order valence-corrected chi connectivity index (χ3v) is 2.99. The SMILES string of the molecule is [B]C([B])(O)C1CCC(n2ccc(=O)[nH]c2=S)O1. The lowest BCUT2D eigenvalue weighted by molar-refractivity contribution is -0.0495. The quantitative estimate of drug-likeness (QED) is 0.550. The lowest BCUT2D eigenvalue weighted by Crippen LogP contribution is -2.43. The van der Waals surface area contributed by atoms with Crippen molar-refractivity contribution >= 4 is 27.9 Å². The maximum Gasteiger partial charge on any atom is 0.251 e. The van der Waals surface area contributed by atoms with Crippen LogP contribution in [0, 0.1) is 4.77 Å². The highest BCUT2D eigenvalue weighted by atomic mass is 32.1. The molecule has 0 spiro atoms. The molecule has 0 aliphatic carbocycles. The minimum absolute atomic E-state index is 0.265. The van der Waals surface area contributed by atoms with Crippen LogP contribution in [0.15, 0.2) is 17.1 Å². The molecule has 0 saturated carbocycles. The normalized spacial score (nSPS) is 25.0. The first-order chi connectivity index (χ1) is 7.88. The predicted molar refractivity (Wildman–Crippen MR) is 65.5 cm³/mol. The number of ether oxygens (including phenoxy) is 1. The Morgan fingerprint density at radius 1 is 1.59 bits per heavy atom. The van der Waals surface area contributed by atoms with E-state index in [9.17, 15) is 9.90 Å². The molecule has 1 fully saturated rings. The largest absolute Gasteiger partial charge is 0.407 e.